The van der Waals surface area contributed by atoms with E-state index in [1.54, 1.807) is 69.5 Å². The van der Waals surface area contributed by atoms with Crippen molar-refractivity contribution in [2.75, 3.05) is 25.0 Å². The van der Waals surface area contributed by atoms with Gasteiger partial charge in [-0.25, -0.2) is 8.42 Å². The van der Waals surface area contributed by atoms with Crippen LogP contribution in [0.5, 0.6) is 5.75 Å². The Bertz CT molecular complexity index is 1390. The summed E-state index contributed by atoms with van der Waals surface area (Å²) in [6.07, 6.45) is 0. The van der Waals surface area contributed by atoms with Crippen molar-refractivity contribution in [2.45, 2.75) is 38.3 Å². The summed E-state index contributed by atoms with van der Waals surface area (Å²) in [5.41, 5.74) is 2.56. The van der Waals surface area contributed by atoms with Gasteiger partial charge in [-0.05, 0) is 68.3 Å². The highest BCUT2D eigenvalue weighted by Gasteiger charge is 2.33. The Morgan fingerprint density at radius 1 is 1.00 bits per heavy atom. The third-order valence-corrected chi connectivity index (χ3v) is 8.26. The largest absolute Gasteiger partial charge is 0.497 e. The van der Waals surface area contributed by atoms with E-state index in [1.165, 1.54) is 30.1 Å². The second kappa shape index (κ2) is 12.3. The Balaban J connectivity index is 2.06. The van der Waals surface area contributed by atoms with Gasteiger partial charge in [-0.15, -0.1) is 0 Å². The summed E-state index contributed by atoms with van der Waals surface area (Å²) in [5.74, 6) is -0.275. The van der Waals surface area contributed by atoms with Gasteiger partial charge in [0.25, 0.3) is 10.0 Å². The van der Waals surface area contributed by atoms with Crippen molar-refractivity contribution >= 4 is 39.1 Å². The van der Waals surface area contributed by atoms with Crippen LogP contribution in [0.4, 0.5) is 5.69 Å². The summed E-state index contributed by atoms with van der Waals surface area (Å²) in [6.45, 7) is 4.76. The van der Waals surface area contributed by atoms with Crippen molar-refractivity contribution in [3.8, 4) is 5.75 Å². The number of nitrogens with one attached hydrogen (secondary N) is 1. The van der Waals surface area contributed by atoms with E-state index in [2.05, 4.69) is 5.32 Å². The van der Waals surface area contributed by atoms with Crippen LogP contribution in [0.25, 0.3) is 0 Å². The zero-order valence-corrected chi connectivity index (χ0v) is 23.6. The highest BCUT2D eigenvalue weighted by molar-refractivity contribution is 7.92. The number of carbonyl (C=O) groups is 2. The molecular weight excluding hydrogens is 526 g/mol. The number of sulfonamides is 1. The molecule has 10 heteroatoms. The molecule has 38 heavy (non-hydrogen) atoms. The fourth-order valence-electron chi connectivity index (χ4n) is 3.92. The third kappa shape index (κ3) is 6.65. The molecule has 0 spiro atoms. The average molecular weight is 558 g/mol. The maximum absolute atomic E-state index is 13.9. The number of likely N-dealkylation sites (N-methyl/N-ethyl adjacent to an activating group) is 1. The zero-order valence-electron chi connectivity index (χ0n) is 22.1. The van der Waals surface area contributed by atoms with E-state index in [0.717, 1.165) is 15.4 Å². The van der Waals surface area contributed by atoms with Crippen LogP contribution in [0.15, 0.2) is 71.6 Å². The molecule has 3 rings (SSSR count). The quantitative estimate of drug-likeness (QED) is 0.400. The van der Waals surface area contributed by atoms with Gasteiger partial charge in [-0.3, -0.25) is 13.9 Å². The molecule has 0 heterocycles. The van der Waals surface area contributed by atoms with Crippen LogP contribution in [0.3, 0.4) is 0 Å². The lowest BCUT2D eigenvalue weighted by atomic mass is 10.1. The van der Waals surface area contributed by atoms with Crippen molar-refractivity contribution in [2.24, 2.45) is 0 Å². The number of nitrogens with zero attached hydrogens (tertiary/aromatic N) is 2. The van der Waals surface area contributed by atoms with Crippen LogP contribution in [-0.2, 0) is 26.2 Å². The van der Waals surface area contributed by atoms with Crippen molar-refractivity contribution in [1.29, 1.82) is 0 Å². The predicted octanol–water partition coefficient (Wildman–Crippen LogP) is 4.32. The molecule has 0 bridgehead atoms. The Morgan fingerprint density at radius 2 is 1.63 bits per heavy atom. The van der Waals surface area contributed by atoms with Crippen LogP contribution in [0.1, 0.15) is 23.6 Å². The first kappa shape index (κ1) is 29.0. The van der Waals surface area contributed by atoms with Gasteiger partial charge in [-0.1, -0.05) is 47.5 Å². The van der Waals surface area contributed by atoms with Crippen molar-refractivity contribution in [3.63, 3.8) is 0 Å². The second-order valence-electron chi connectivity index (χ2n) is 8.92. The van der Waals surface area contributed by atoms with Gasteiger partial charge >= 0.3 is 0 Å². The standard InChI is InChI=1S/C28H32ClN3O5S/c1-19-6-14-25(15-7-19)38(35,36)32(26-16-23(29)11-8-20(26)2)18-27(33)31(21(3)28(34)30-4)17-22-9-12-24(37-5)13-10-22/h6-16,21H,17-18H2,1-5H3,(H,30,34). The van der Waals surface area contributed by atoms with Gasteiger partial charge in [-0.2, -0.15) is 0 Å². The van der Waals surface area contributed by atoms with E-state index < -0.39 is 28.5 Å². The van der Waals surface area contributed by atoms with E-state index in [9.17, 15) is 18.0 Å². The minimum Gasteiger partial charge on any atom is -0.497 e. The topological polar surface area (TPSA) is 96.0 Å². The summed E-state index contributed by atoms with van der Waals surface area (Å²) >= 11 is 6.24. The summed E-state index contributed by atoms with van der Waals surface area (Å²) in [5, 5.41) is 2.89. The molecule has 8 nitrogen and oxygen atoms in total. The van der Waals surface area contributed by atoms with Crippen molar-refractivity contribution in [3.05, 3.63) is 88.4 Å². The minimum absolute atomic E-state index is 0.0383. The Morgan fingerprint density at radius 3 is 2.21 bits per heavy atom. The average Bonchev–Trinajstić information content (AvgIpc) is 2.91. The number of amides is 2. The lowest BCUT2D eigenvalue weighted by Gasteiger charge is -2.32. The molecule has 1 atom stereocenters. The molecule has 0 aliphatic carbocycles. The smallest absolute Gasteiger partial charge is 0.264 e. The molecule has 0 radical (unpaired) electrons. The van der Waals surface area contributed by atoms with Gasteiger partial charge < -0.3 is 15.0 Å². The lowest BCUT2D eigenvalue weighted by Crippen LogP contribution is -2.50. The number of halogens is 1. The molecule has 1 unspecified atom stereocenters. The molecule has 202 valence electrons. The fraction of sp³-hybridized carbons (Fsp3) is 0.286. The lowest BCUT2D eigenvalue weighted by molar-refractivity contribution is -0.139. The Kier molecular flexibility index (Phi) is 9.40. The number of benzene rings is 3. The molecule has 0 aromatic heterocycles. The molecule has 0 saturated carbocycles. The van der Waals surface area contributed by atoms with Gasteiger partial charge in [0.2, 0.25) is 11.8 Å². The normalized spacial score (nSPS) is 11.9. The summed E-state index contributed by atoms with van der Waals surface area (Å²) in [7, 11) is -1.12. The number of carbonyl (C=O) groups excluding carboxylic acids is 2. The first-order valence-corrected chi connectivity index (χ1v) is 13.8. The molecular formula is C28H32ClN3O5S. The van der Waals surface area contributed by atoms with Crippen LogP contribution in [-0.4, -0.2) is 51.9 Å². The molecule has 0 fully saturated rings. The third-order valence-electron chi connectivity index (χ3n) is 6.25. The van der Waals surface area contributed by atoms with Crippen molar-refractivity contribution < 1.29 is 22.7 Å². The SMILES string of the molecule is CNC(=O)C(C)N(Cc1ccc(OC)cc1)C(=O)CN(c1cc(Cl)ccc1C)S(=O)(=O)c1ccc(C)cc1. The highest BCUT2D eigenvalue weighted by atomic mass is 35.5. The molecule has 3 aromatic rings. The van der Waals surface area contributed by atoms with Crippen molar-refractivity contribution in [1.82, 2.24) is 10.2 Å². The number of hydrogen-bond donors (Lipinski definition) is 1. The van der Waals surface area contributed by atoms with E-state index >= 15 is 0 Å². The van der Waals surface area contributed by atoms with E-state index in [1.807, 2.05) is 6.92 Å². The second-order valence-corrected chi connectivity index (χ2v) is 11.2. The number of hydrogen-bond acceptors (Lipinski definition) is 5. The highest BCUT2D eigenvalue weighted by Crippen LogP contribution is 2.30. The number of aryl methyl sites for hydroxylation is 2. The fourth-order valence-corrected chi connectivity index (χ4v) is 5.56. The number of rotatable bonds is 10. The van der Waals surface area contributed by atoms with Gasteiger partial charge in [0.15, 0.2) is 0 Å². The molecule has 2 amide bonds. The molecule has 0 saturated heterocycles. The zero-order chi connectivity index (χ0) is 28.0. The first-order chi connectivity index (χ1) is 18.0. The number of ether oxygens (including phenoxy) is 1. The summed E-state index contributed by atoms with van der Waals surface area (Å²) in [6, 6.07) is 17.5. The molecule has 3 aromatic carbocycles. The molecule has 0 aliphatic rings. The van der Waals surface area contributed by atoms with E-state index in [0.29, 0.717) is 16.3 Å². The van der Waals surface area contributed by atoms with E-state index in [4.69, 9.17) is 16.3 Å². The number of methoxy groups -OCH3 is 1. The van der Waals surface area contributed by atoms with Crippen LogP contribution < -0.4 is 14.4 Å². The monoisotopic (exact) mass is 557 g/mol. The van der Waals surface area contributed by atoms with Crippen LogP contribution in [0.2, 0.25) is 5.02 Å². The maximum Gasteiger partial charge on any atom is 0.264 e. The Labute approximate surface area is 229 Å². The van der Waals surface area contributed by atoms with Gasteiger partial charge in [0.1, 0.15) is 18.3 Å². The van der Waals surface area contributed by atoms with Gasteiger partial charge in [0, 0.05) is 18.6 Å². The van der Waals surface area contributed by atoms with Crippen LogP contribution >= 0.6 is 11.6 Å². The van der Waals surface area contributed by atoms with Gasteiger partial charge in [0.05, 0.1) is 17.7 Å². The van der Waals surface area contributed by atoms with Crippen LogP contribution in [0, 0.1) is 13.8 Å². The molecule has 0 aliphatic heterocycles. The van der Waals surface area contributed by atoms with E-state index in [-0.39, 0.29) is 23.0 Å². The summed E-state index contributed by atoms with van der Waals surface area (Å²) < 4.78 is 34.0. The Hall–Kier alpha value is -3.56. The molecule has 1 N–H and O–H groups in total. The first-order valence-electron chi connectivity index (χ1n) is 12.0. The summed E-state index contributed by atoms with van der Waals surface area (Å²) in [4.78, 5) is 27.8. The predicted molar refractivity (Wildman–Crippen MR) is 149 cm³/mol. The maximum atomic E-state index is 13.9. The number of anilines is 1. The minimum atomic E-state index is -4.16.